The van der Waals surface area contributed by atoms with Crippen LogP contribution in [0.25, 0.3) is 0 Å². The fourth-order valence-electron chi connectivity index (χ4n) is 2.79. The average Bonchev–Trinajstić information content (AvgIpc) is 2.97. The van der Waals surface area contributed by atoms with E-state index in [1.165, 1.54) is 0 Å². The third-order valence-corrected chi connectivity index (χ3v) is 3.69. The first-order valence-corrected chi connectivity index (χ1v) is 6.23. The van der Waals surface area contributed by atoms with Crippen LogP contribution in [0.15, 0.2) is 0 Å². The quantitative estimate of drug-likeness (QED) is 0.840. The van der Waals surface area contributed by atoms with Crippen LogP contribution in [0.4, 0.5) is 13.2 Å². The van der Waals surface area contributed by atoms with E-state index < -0.39 is 11.9 Å². The zero-order valence-corrected chi connectivity index (χ0v) is 9.85. The molecular weight excluding hydrogens is 243 g/mol. The van der Waals surface area contributed by atoms with Gasteiger partial charge in [-0.05, 0) is 12.8 Å². The molecule has 0 saturated heterocycles. The molecule has 3 rings (SSSR count). The lowest BCUT2D eigenvalue weighted by atomic mass is 10.1. The number of aromatic nitrogens is 2. The number of hydrogen-bond donors (Lipinski definition) is 1. The van der Waals surface area contributed by atoms with E-state index in [1.54, 1.807) is 0 Å². The molecule has 1 aliphatic carbocycles. The topological polar surface area (TPSA) is 37.8 Å². The first kappa shape index (κ1) is 11.9. The molecule has 0 aromatic carbocycles. The molecule has 1 fully saturated rings. The zero-order valence-electron chi connectivity index (χ0n) is 9.85. The third kappa shape index (κ3) is 1.98. The maximum atomic E-state index is 13.0. The van der Waals surface area contributed by atoms with Crippen molar-refractivity contribution in [1.29, 1.82) is 0 Å². The van der Waals surface area contributed by atoms with Gasteiger partial charge in [-0.1, -0.05) is 12.8 Å². The highest BCUT2D eigenvalue weighted by Crippen LogP contribution is 2.37. The molecule has 0 spiro atoms. The second-order valence-electron chi connectivity index (χ2n) is 4.94. The molecule has 0 unspecified atom stereocenters. The van der Waals surface area contributed by atoms with Crippen molar-refractivity contribution in [1.82, 2.24) is 15.3 Å². The van der Waals surface area contributed by atoms with Crippen LogP contribution in [-0.2, 0) is 19.3 Å². The van der Waals surface area contributed by atoms with Crippen molar-refractivity contribution in [2.45, 2.75) is 50.9 Å². The van der Waals surface area contributed by atoms with E-state index in [-0.39, 0.29) is 18.0 Å². The van der Waals surface area contributed by atoms with Crippen LogP contribution in [0.2, 0.25) is 0 Å². The Bertz CT molecular complexity index is 464. The lowest BCUT2D eigenvalue weighted by Crippen LogP contribution is -2.16. The molecule has 1 N–H and O–H groups in total. The van der Waals surface area contributed by atoms with Crippen molar-refractivity contribution in [3.8, 4) is 0 Å². The summed E-state index contributed by atoms with van der Waals surface area (Å²) in [5, 5.41) is 2.92. The molecule has 0 atom stereocenters. The summed E-state index contributed by atoms with van der Waals surface area (Å²) in [6.07, 6.45) is -0.450. The SMILES string of the molecule is FC(F)(F)c1nc(C2CCCC2)nc2c1CNC2. The predicted octanol–water partition coefficient (Wildman–Crippen LogP) is 2.76. The van der Waals surface area contributed by atoms with Crippen molar-refractivity contribution >= 4 is 0 Å². The number of nitrogens with zero attached hydrogens (tertiary/aromatic N) is 2. The minimum absolute atomic E-state index is 0.108. The molecule has 1 aliphatic heterocycles. The van der Waals surface area contributed by atoms with Gasteiger partial charge in [0.1, 0.15) is 5.82 Å². The molecule has 2 aliphatic rings. The zero-order chi connectivity index (χ0) is 12.8. The molecule has 3 nitrogen and oxygen atoms in total. The van der Waals surface area contributed by atoms with Gasteiger partial charge in [0.2, 0.25) is 0 Å². The number of rotatable bonds is 1. The molecule has 2 heterocycles. The van der Waals surface area contributed by atoms with E-state index in [2.05, 4.69) is 15.3 Å². The van der Waals surface area contributed by atoms with E-state index in [0.29, 0.717) is 18.1 Å². The summed E-state index contributed by atoms with van der Waals surface area (Å²) in [6.45, 7) is 0.635. The molecule has 1 aromatic heterocycles. The summed E-state index contributed by atoms with van der Waals surface area (Å²) >= 11 is 0. The maximum absolute atomic E-state index is 13.0. The van der Waals surface area contributed by atoms with Crippen molar-refractivity contribution in [2.24, 2.45) is 0 Å². The molecule has 98 valence electrons. The van der Waals surface area contributed by atoms with Crippen molar-refractivity contribution < 1.29 is 13.2 Å². The largest absolute Gasteiger partial charge is 0.433 e. The molecule has 0 amide bonds. The van der Waals surface area contributed by atoms with Crippen LogP contribution >= 0.6 is 0 Å². The van der Waals surface area contributed by atoms with Gasteiger partial charge in [0, 0.05) is 24.6 Å². The molecule has 1 saturated carbocycles. The van der Waals surface area contributed by atoms with Gasteiger partial charge in [0.05, 0.1) is 5.69 Å². The van der Waals surface area contributed by atoms with Gasteiger partial charge in [0.15, 0.2) is 5.69 Å². The normalized spacial score (nSPS) is 20.4. The lowest BCUT2D eigenvalue weighted by molar-refractivity contribution is -0.142. The second kappa shape index (κ2) is 4.19. The Balaban J connectivity index is 2.07. The summed E-state index contributed by atoms with van der Waals surface area (Å²) < 4.78 is 39.0. The van der Waals surface area contributed by atoms with Crippen molar-refractivity contribution in [3.63, 3.8) is 0 Å². The van der Waals surface area contributed by atoms with E-state index >= 15 is 0 Å². The van der Waals surface area contributed by atoms with Crippen LogP contribution in [0, 0.1) is 0 Å². The predicted molar refractivity (Wildman–Crippen MR) is 58.8 cm³/mol. The number of fused-ring (bicyclic) bond motifs is 1. The van der Waals surface area contributed by atoms with Gasteiger partial charge in [-0.25, -0.2) is 9.97 Å². The molecule has 18 heavy (non-hydrogen) atoms. The highest BCUT2D eigenvalue weighted by atomic mass is 19.4. The fraction of sp³-hybridized carbons (Fsp3) is 0.667. The number of halogens is 3. The van der Waals surface area contributed by atoms with E-state index in [9.17, 15) is 13.2 Å². The standard InChI is InChI=1S/C12H14F3N3/c13-12(14,15)10-8-5-16-6-9(8)17-11(18-10)7-3-1-2-4-7/h7,16H,1-6H2. The number of nitrogens with one attached hydrogen (secondary N) is 1. The van der Waals surface area contributed by atoms with Gasteiger partial charge in [-0.2, -0.15) is 13.2 Å². The second-order valence-corrected chi connectivity index (χ2v) is 4.94. The highest BCUT2D eigenvalue weighted by molar-refractivity contribution is 5.31. The summed E-state index contributed by atoms with van der Waals surface area (Å²) in [5.74, 6) is 0.499. The molecular formula is C12H14F3N3. The van der Waals surface area contributed by atoms with Crippen LogP contribution in [0.5, 0.6) is 0 Å². The Morgan fingerprint density at radius 3 is 2.44 bits per heavy atom. The Morgan fingerprint density at radius 1 is 1.06 bits per heavy atom. The summed E-state index contributed by atoms with van der Waals surface area (Å²) in [5.41, 5.74) is 0.0165. The van der Waals surface area contributed by atoms with E-state index in [0.717, 1.165) is 25.7 Å². The molecule has 0 radical (unpaired) electrons. The van der Waals surface area contributed by atoms with Gasteiger partial charge < -0.3 is 5.32 Å². The maximum Gasteiger partial charge on any atom is 0.433 e. The first-order valence-electron chi connectivity index (χ1n) is 6.23. The van der Waals surface area contributed by atoms with Crippen LogP contribution < -0.4 is 5.32 Å². The lowest BCUT2D eigenvalue weighted by Gasteiger charge is -2.14. The summed E-state index contributed by atoms with van der Waals surface area (Å²) in [4.78, 5) is 8.16. The summed E-state index contributed by atoms with van der Waals surface area (Å²) in [6, 6.07) is 0. The van der Waals surface area contributed by atoms with Gasteiger partial charge in [-0.3, -0.25) is 0 Å². The monoisotopic (exact) mass is 257 g/mol. The summed E-state index contributed by atoms with van der Waals surface area (Å²) in [7, 11) is 0. The smallest absolute Gasteiger partial charge is 0.307 e. The first-order chi connectivity index (χ1) is 8.55. The van der Waals surface area contributed by atoms with Gasteiger partial charge in [-0.15, -0.1) is 0 Å². The van der Waals surface area contributed by atoms with Crippen molar-refractivity contribution in [3.05, 3.63) is 22.8 Å². The van der Waals surface area contributed by atoms with E-state index in [4.69, 9.17) is 0 Å². The van der Waals surface area contributed by atoms with Crippen molar-refractivity contribution in [2.75, 3.05) is 0 Å². The minimum Gasteiger partial charge on any atom is -0.307 e. The fourth-order valence-corrected chi connectivity index (χ4v) is 2.79. The molecule has 1 aromatic rings. The van der Waals surface area contributed by atoms with Crippen LogP contribution in [0.3, 0.4) is 0 Å². The third-order valence-electron chi connectivity index (χ3n) is 3.69. The van der Waals surface area contributed by atoms with Gasteiger partial charge in [0.25, 0.3) is 0 Å². The van der Waals surface area contributed by atoms with Crippen LogP contribution in [0.1, 0.15) is 54.4 Å². The Kier molecular flexibility index (Phi) is 2.77. The Labute approximate surface area is 103 Å². The number of alkyl halides is 3. The van der Waals surface area contributed by atoms with E-state index in [1.807, 2.05) is 0 Å². The van der Waals surface area contributed by atoms with Gasteiger partial charge >= 0.3 is 6.18 Å². The Hall–Kier alpha value is -1.17. The number of hydrogen-bond acceptors (Lipinski definition) is 3. The highest BCUT2D eigenvalue weighted by Gasteiger charge is 2.39. The minimum atomic E-state index is -4.38. The Morgan fingerprint density at radius 2 is 1.78 bits per heavy atom. The average molecular weight is 257 g/mol. The molecule has 6 heteroatoms. The molecule has 0 bridgehead atoms. The van der Waals surface area contributed by atoms with Crippen LogP contribution in [-0.4, -0.2) is 9.97 Å².